The lowest BCUT2D eigenvalue weighted by Gasteiger charge is -2.47. The number of benzene rings is 2. The molecule has 0 radical (unpaired) electrons. The summed E-state index contributed by atoms with van der Waals surface area (Å²) in [6, 6.07) is 17.7. The van der Waals surface area contributed by atoms with Crippen LogP contribution in [0.15, 0.2) is 53.5 Å². The lowest BCUT2D eigenvalue weighted by molar-refractivity contribution is 0.0526. The second kappa shape index (κ2) is 10.1. The van der Waals surface area contributed by atoms with Crippen LogP contribution in [0.1, 0.15) is 37.7 Å². The van der Waals surface area contributed by atoms with Crippen LogP contribution < -0.4 is 20.1 Å². The molecule has 0 saturated carbocycles. The van der Waals surface area contributed by atoms with E-state index in [0.717, 1.165) is 17.5 Å². The van der Waals surface area contributed by atoms with Crippen LogP contribution in [0.25, 0.3) is 0 Å². The van der Waals surface area contributed by atoms with Gasteiger partial charge in [-0.15, -0.1) is 0 Å². The van der Waals surface area contributed by atoms with E-state index in [1.54, 1.807) is 7.11 Å². The van der Waals surface area contributed by atoms with Crippen LogP contribution in [0, 0.1) is 0 Å². The first-order valence-electron chi connectivity index (χ1n) is 11.2. The SMILES string of the molecule is CN=C(NCc1ccc(Oc2ccccc2OC)cc1)NC1CC2CCCC(C1)N2C. The van der Waals surface area contributed by atoms with E-state index in [9.17, 15) is 0 Å². The van der Waals surface area contributed by atoms with Crippen LogP contribution >= 0.6 is 0 Å². The lowest BCUT2D eigenvalue weighted by Crippen LogP contribution is -2.56. The van der Waals surface area contributed by atoms with E-state index in [4.69, 9.17) is 9.47 Å². The molecule has 4 rings (SSSR count). The Bertz CT molecular complexity index is 869. The molecule has 0 aromatic heterocycles. The van der Waals surface area contributed by atoms with Crippen molar-refractivity contribution in [2.24, 2.45) is 4.99 Å². The van der Waals surface area contributed by atoms with Gasteiger partial charge in [0.1, 0.15) is 5.75 Å². The number of hydrogen-bond donors (Lipinski definition) is 2. The summed E-state index contributed by atoms with van der Waals surface area (Å²) in [6.45, 7) is 0.716. The van der Waals surface area contributed by atoms with Gasteiger partial charge in [0, 0.05) is 31.7 Å². The Morgan fingerprint density at radius 1 is 1.03 bits per heavy atom. The summed E-state index contributed by atoms with van der Waals surface area (Å²) < 4.78 is 11.3. The van der Waals surface area contributed by atoms with E-state index >= 15 is 0 Å². The zero-order valence-corrected chi connectivity index (χ0v) is 18.8. The molecule has 0 spiro atoms. The first-order chi connectivity index (χ1) is 15.2. The Morgan fingerprint density at radius 3 is 2.35 bits per heavy atom. The minimum absolute atomic E-state index is 0.495. The number of para-hydroxylation sites is 2. The monoisotopic (exact) mass is 422 g/mol. The second-order valence-electron chi connectivity index (χ2n) is 8.54. The van der Waals surface area contributed by atoms with Gasteiger partial charge in [-0.1, -0.05) is 30.7 Å². The van der Waals surface area contributed by atoms with Gasteiger partial charge in [0.2, 0.25) is 0 Å². The van der Waals surface area contributed by atoms with Gasteiger partial charge in [-0.3, -0.25) is 4.99 Å². The molecule has 0 aliphatic carbocycles. The fourth-order valence-electron chi connectivity index (χ4n) is 4.81. The maximum atomic E-state index is 5.96. The van der Waals surface area contributed by atoms with Crippen molar-refractivity contribution in [3.8, 4) is 17.2 Å². The quantitative estimate of drug-likeness (QED) is 0.541. The summed E-state index contributed by atoms with van der Waals surface area (Å²) in [5.41, 5.74) is 1.18. The van der Waals surface area contributed by atoms with Gasteiger partial charge in [0.25, 0.3) is 0 Å². The summed E-state index contributed by atoms with van der Waals surface area (Å²) in [4.78, 5) is 7.03. The smallest absolute Gasteiger partial charge is 0.191 e. The molecular formula is C25H34N4O2. The molecule has 2 aliphatic rings. The van der Waals surface area contributed by atoms with Gasteiger partial charge in [0.15, 0.2) is 17.5 Å². The predicted octanol–water partition coefficient (Wildman–Crippen LogP) is 4.17. The van der Waals surface area contributed by atoms with Crippen LogP contribution in [0.5, 0.6) is 17.2 Å². The highest BCUT2D eigenvalue weighted by Gasteiger charge is 2.36. The molecule has 6 nitrogen and oxygen atoms in total. The van der Waals surface area contributed by atoms with Crippen molar-refractivity contribution in [3.63, 3.8) is 0 Å². The summed E-state index contributed by atoms with van der Waals surface area (Å²) in [5.74, 6) is 3.10. The van der Waals surface area contributed by atoms with E-state index in [1.807, 2.05) is 43.4 Å². The van der Waals surface area contributed by atoms with E-state index < -0.39 is 0 Å². The third-order valence-electron chi connectivity index (χ3n) is 6.58. The zero-order chi connectivity index (χ0) is 21.6. The summed E-state index contributed by atoms with van der Waals surface area (Å²) in [6.07, 6.45) is 6.41. The van der Waals surface area contributed by atoms with Crippen LogP contribution in [-0.4, -0.2) is 50.2 Å². The molecule has 0 amide bonds. The minimum Gasteiger partial charge on any atom is -0.493 e. The molecule has 2 atom stereocenters. The van der Waals surface area contributed by atoms with Crippen molar-refractivity contribution in [3.05, 3.63) is 54.1 Å². The highest BCUT2D eigenvalue weighted by atomic mass is 16.5. The number of hydrogen-bond acceptors (Lipinski definition) is 4. The van der Waals surface area contributed by atoms with Gasteiger partial charge < -0.3 is 25.0 Å². The fraction of sp³-hybridized carbons (Fsp3) is 0.480. The van der Waals surface area contributed by atoms with Gasteiger partial charge in [-0.2, -0.15) is 0 Å². The number of methoxy groups -OCH3 is 1. The summed E-state index contributed by atoms with van der Waals surface area (Å²) in [7, 11) is 5.78. The summed E-state index contributed by atoms with van der Waals surface area (Å²) in [5, 5.41) is 7.12. The number of fused-ring (bicyclic) bond motifs is 2. The van der Waals surface area contributed by atoms with Crippen molar-refractivity contribution in [1.82, 2.24) is 15.5 Å². The second-order valence-corrected chi connectivity index (χ2v) is 8.54. The number of nitrogens with one attached hydrogen (secondary N) is 2. The number of piperidine rings is 2. The fourth-order valence-corrected chi connectivity index (χ4v) is 4.81. The molecule has 2 heterocycles. The maximum absolute atomic E-state index is 5.96. The van der Waals surface area contributed by atoms with Crippen molar-refractivity contribution >= 4 is 5.96 Å². The Morgan fingerprint density at radius 2 is 1.71 bits per heavy atom. The Labute approximate surface area is 185 Å². The molecular weight excluding hydrogens is 388 g/mol. The van der Waals surface area contributed by atoms with Crippen molar-refractivity contribution in [1.29, 1.82) is 0 Å². The normalized spacial score (nSPS) is 23.8. The number of ether oxygens (including phenoxy) is 2. The number of rotatable bonds is 6. The van der Waals surface area contributed by atoms with Crippen LogP contribution in [-0.2, 0) is 6.54 Å². The molecule has 2 unspecified atom stereocenters. The largest absolute Gasteiger partial charge is 0.493 e. The standard InChI is InChI=1S/C25H34N4O2/c1-26-25(28-19-15-20-7-6-8-21(16-19)29(20)2)27-17-18-11-13-22(14-12-18)31-24-10-5-4-9-23(24)30-3/h4-5,9-14,19-21H,6-8,15-17H2,1-3H3,(H2,26,27,28). The lowest BCUT2D eigenvalue weighted by atomic mass is 9.82. The molecule has 2 aromatic rings. The number of nitrogens with zero attached hydrogens (tertiary/aromatic N) is 2. The predicted molar refractivity (Wildman–Crippen MR) is 125 cm³/mol. The van der Waals surface area contributed by atoms with E-state index in [1.165, 1.54) is 37.7 Å². The van der Waals surface area contributed by atoms with Crippen LogP contribution in [0.3, 0.4) is 0 Å². The first-order valence-corrected chi connectivity index (χ1v) is 11.2. The number of aliphatic imine (C=N–C) groups is 1. The van der Waals surface area contributed by atoms with Crippen molar-refractivity contribution in [2.75, 3.05) is 21.2 Å². The van der Waals surface area contributed by atoms with E-state index in [2.05, 4.69) is 39.7 Å². The molecule has 2 aromatic carbocycles. The summed E-state index contributed by atoms with van der Waals surface area (Å²) >= 11 is 0. The Hall–Kier alpha value is -2.73. The maximum Gasteiger partial charge on any atom is 0.191 e. The van der Waals surface area contributed by atoms with Crippen molar-refractivity contribution < 1.29 is 9.47 Å². The molecule has 6 heteroatoms. The van der Waals surface area contributed by atoms with Gasteiger partial charge in [-0.25, -0.2) is 0 Å². The van der Waals surface area contributed by atoms with Crippen LogP contribution in [0.4, 0.5) is 0 Å². The Balaban J connectivity index is 1.29. The third kappa shape index (κ3) is 5.31. The van der Waals surface area contributed by atoms with Gasteiger partial charge >= 0.3 is 0 Å². The first kappa shape index (κ1) is 21.5. The average molecular weight is 423 g/mol. The van der Waals surface area contributed by atoms with E-state index in [-0.39, 0.29) is 0 Å². The molecule has 166 valence electrons. The topological polar surface area (TPSA) is 58.1 Å². The average Bonchev–Trinajstić information content (AvgIpc) is 2.78. The zero-order valence-electron chi connectivity index (χ0n) is 18.8. The number of guanidine groups is 1. The molecule has 31 heavy (non-hydrogen) atoms. The highest BCUT2D eigenvalue weighted by Crippen LogP contribution is 2.33. The minimum atomic E-state index is 0.495. The Kier molecular flexibility index (Phi) is 6.97. The molecule has 2 N–H and O–H groups in total. The molecule has 2 bridgehead atoms. The highest BCUT2D eigenvalue weighted by molar-refractivity contribution is 5.80. The van der Waals surface area contributed by atoms with Gasteiger partial charge in [0.05, 0.1) is 7.11 Å². The van der Waals surface area contributed by atoms with Crippen molar-refractivity contribution in [2.45, 2.75) is 56.8 Å². The molecule has 2 fully saturated rings. The van der Waals surface area contributed by atoms with Crippen LogP contribution in [0.2, 0.25) is 0 Å². The van der Waals surface area contributed by atoms with Gasteiger partial charge in [-0.05, 0) is 62.6 Å². The van der Waals surface area contributed by atoms with E-state index in [0.29, 0.717) is 30.4 Å². The molecule has 2 aliphatic heterocycles. The molecule has 2 saturated heterocycles. The third-order valence-corrected chi connectivity index (χ3v) is 6.58.